The van der Waals surface area contributed by atoms with Gasteiger partial charge in [0.15, 0.2) is 0 Å². The summed E-state index contributed by atoms with van der Waals surface area (Å²) >= 11 is -0.688. The highest BCUT2D eigenvalue weighted by atomic mass is 35.6. The molecule has 0 aliphatic carbocycles. The van der Waals surface area contributed by atoms with Crippen molar-refractivity contribution in [2.45, 2.75) is 37.8 Å². The fourth-order valence-corrected chi connectivity index (χ4v) is 1.90. The number of aromatic carboxylic acids is 1. The lowest BCUT2D eigenvalue weighted by Crippen LogP contribution is -2.00. The maximum absolute atomic E-state index is 10.6. The summed E-state index contributed by atoms with van der Waals surface area (Å²) < 4.78 is 0. The van der Waals surface area contributed by atoms with E-state index < -0.39 is 19.2 Å². The van der Waals surface area contributed by atoms with Crippen molar-refractivity contribution >= 4 is 29.2 Å². The van der Waals surface area contributed by atoms with Gasteiger partial charge in [0.2, 0.25) is 0 Å². The Kier molecular flexibility index (Phi) is 9.26. The van der Waals surface area contributed by atoms with Gasteiger partial charge in [0.05, 0.1) is 5.56 Å². The van der Waals surface area contributed by atoms with Gasteiger partial charge >= 0.3 is 19.2 Å². The zero-order valence-corrected chi connectivity index (χ0v) is 12.7. The Balaban J connectivity index is 0.000000366. The molecule has 0 amide bonds. The molecule has 0 saturated heterocycles. The number of carboxylic acids is 1. The third-order valence-corrected chi connectivity index (χ3v) is 6.14. The van der Waals surface area contributed by atoms with Crippen molar-refractivity contribution in [2.24, 2.45) is 0 Å². The van der Waals surface area contributed by atoms with Crippen LogP contribution in [0.4, 0.5) is 0 Å². The SMILES string of the molecule is CCc1ccccc1C(=O)O.C[CH2][Al]([Cl])[CH2]C. The topological polar surface area (TPSA) is 37.3 Å². The summed E-state index contributed by atoms with van der Waals surface area (Å²) in [4.78, 5) is 10.6. The van der Waals surface area contributed by atoms with Crippen LogP contribution >= 0.6 is 10.0 Å². The van der Waals surface area contributed by atoms with Crippen LogP contribution in [0.3, 0.4) is 0 Å². The lowest BCUT2D eigenvalue weighted by molar-refractivity contribution is 0.0695. The number of carbonyl (C=O) groups is 1. The summed E-state index contributed by atoms with van der Waals surface area (Å²) in [5.74, 6) is -0.845. The van der Waals surface area contributed by atoms with Crippen molar-refractivity contribution in [2.75, 3.05) is 0 Å². The van der Waals surface area contributed by atoms with Crippen molar-refractivity contribution in [3.8, 4) is 0 Å². The smallest absolute Gasteiger partial charge is 0.399 e. The van der Waals surface area contributed by atoms with E-state index in [-0.39, 0.29) is 0 Å². The zero-order valence-electron chi connectivity index (χ0n) is 10.7. The van der Waals surface area contributed by atoms with Gasteiger partial charge in [-0.05, 0) is 18.1 Å². The fraction of sp³-hybridized carbons (Fsp3) is 0.462. The third kappa shape index (κ3) is 6.73. The molecule has 0 unspecified atom stereocenters. The van der Waals surface area contributed by atoms with E-state index in [0.29, 0.717) is 5.56 Å². The molecule has 17 heavy (non-hydrogen) atoms. The summed E-state index contributed by atoms with van der Waals surface area (Å²) in [6.45, 7) is 6.27. The number of carboxylic acid groups (broad SMARTS) is 1. The molecule has 94 valence electrons. The Labute approximate surface area is 112 Å². The Morgan fingerprint density at radius 1 is 1.24 bits per heavy atom. The predicted octanol–water partition coefficient (Wildman–Crippen LogP) is 4.20. The summed E-state index contributed by atoms with van der Waals surface area (Å²) in [6, 6.07) is 7.05. The highest BCUT2D eigenvalue weighted by molar-refractivity contribution is 7.06. The second-order valence-electron chi connectivity index (χ2n) is 3.73. The number of halogens is 1. The number of hydrogen-bond donors (Lipinski definition) is 1. The van der Waals surface area contributed by atoms with Crippen molar-refractivity contribution in [1.82, 2.24) is 0 Å². The number of benzene rings is 1. The molecule has 2 nitrogen and oxygen atoms in total. The van der Waals surface area contributed by atoms with Gasteiger partial charge in [-0.25, -0.2) is 4.79 Å². The van der Waals surface area contributed by atoms with Crippen LogP contribution in [0.1, 0.15) is 36.7 Å². The molecule has 0 aromatic heterocycles. The first-order valence-electron chi connectivity index (χ1n) is 6.01. The molecule has 1 aromatic rings. The van der Waals surface area contributed by atoms with E-state index in [9.17, 15) is 4.79 Å². The predicted molar refractivity (Wildman–Crippen MR) is 75.3 cm³/mol. The maximum Gasteiger partial charge on any atom is 0.399 e. The third-order valence-electron chi connectivity index (χ3n) is 2.51. The first-order valence-corrected chi connectivity index (χ1v) is 9.39. The first-order chi connectivity index (χ1) is 8.06. The van der Waals surface area contributed by atoms with Crippen LogP contribution in [-0.4, -0.2) is 24.3 Å². The van der Waals surface area contributed by atoms with Crippen molar-refractivity contribution in [3.05, 3.63) is 35.4 Å². The van der Waals surface area contributed by atoms with Crippen LogP contribution in [0.2, 0.25) is 10.6 Å². The first kappa shape index (κ1) is 16.5. The van der Waals surface area contributed by atoms with E-state index in [0.717, 1.165) is 12.0 Å². The molecule has 0 spiro atoms. The molecule has 0 atom stereocenters. The molecule has 4 heteroatoms. The van der Waals surface area contributed by atoms with E-state index >= 15 is 0 Å². The highest BCUT2D eigenvalue weighted by Crippen LogP contribution is 2.08. The highest BCUT2D eigenvalue weighted by Gasteiger charge is 2.05. The minimum Gasteiger partial charge on any atom is -0.478 e. The molecule has 1 rings (SSSR count). The molecule has 0 aliphatic heterocycles. The number of aryl methyl sites for hydroxylation is 1. The van der Waals surface area contributed by atoms with Gasteiger partial charge in [-0.1, -0.05) is 49.5 Å². The summed E-state index contributed by atoms with van der Waals surface area (Å²) in [5.41, 5.74) is 1.30. The second kappa shape index (κ2) is 9.53. The molecule has 0 radical (unpaired) electrons. The van der Waals surface area contributed by atoms with E-state index in [1.165, 1.54) is 10.6 Å². The van der Waals surface area contributed by atoms with Gasteiger partial charge in [-0.2, -0.15) is 0 Å². The maximum atomic E-state index is 10.6. The van der Waals surface area contributed by atoms with E-state index in [1.54, 1.807) is 12.1 Å². The van der Waals surface area contributed by atoms with Gasteiger partial charge in [-0.3, -0.25) is 10.0 Å². The van der Waals surface area contributed by atoms with Crippen LogP contribution in [0.5, 0.6) is 0 Å². The van der Waals surface area contributed by atoms with Gasteiger partial charge in [-0.15, -0.1) is 0 Å². The molecule has 1 aromatic carbocycles. The van der Waals surface area contributed by atoms with Crippen LogP contribution in [0.15, 0.2) is 24.3 Å². The molecule has 0 bridgehead atoms. The Hall–Kier alpha value is -0.488. The average Bonchev–Trinajstić information content (AvgIpc) is 2.38. The normalized spacial score (nSPS) is 9.18. The van der Waals surface area contributed by atoms with Crippen LogP contribution in [0.25, 0.3) is 0 Å². The summed E-state index contributed by atoms with van der Waals surface area (Å²) in [5, 5.41) is 11.2. The van der Waals surface area contributed by atoms with Crippen LogP contribution < -0.4 is 0 Å². The number of hydrogen-bond acceptors (Lipinski definition) is 1. The minimum absolute atomic E-state index is 0.412. The largest absolute Gasteiger partial charge is 0.478 e. The molecule has 0 saturated carbocycles. The van der Waals surface area contributed by atoms with E-state index in [2.05, 4.69) is 13.8 Å². The molecule has 0 heterocycles. The van der Waals surface area contributed by atoms with Gasteiger partial charge in [0, 0.05) is 0 Å². The number of rotatable bonds is 4. The monoisotopic (exact) mass is 270 g/mol. The van der Waals surface area contributed by atoms with Crippen LogP contribution in [0, 0.1) is 0 Å². The van der Waals surface area contributed by atoms with Gasteiger partial charge in [0.25, 0.3) is 0 Å². The Morgan fingerprint density at radius 2 is 1.76 bits per heavy atom. The lowest BCUT2D eigenvalue weighted by Gasteiger charge is -2.00. The standard InChI is InChI=1S/C9H10O2.2C2H5.Al.ClH/c1-2-7-5-3-4-6-8(7)9(10)11;2*1-2;;/h3-6H,2H2,1H3,(H,10,11);2*1H2,2H3;;1H/q;;;+1;/p-1. The summed E-state index contributed by atoms with van der Waals surface area (Å²) in [7, 11) is 5.79. The Morgan fingerprint density at radius 3 is 2.06 bits per heavy atom. The van der Waals surface area contributed by atoms with Gasteiger partial charge in [0.1, 0.15) is 0 Å². The second-order valence-corrected chi connectivity index (χ2v) is 8.41. The van der Waals surface area contributed by atoms with Crippen LogP contribution in [-0.2, 0) is 6.42 Å². The van der Waals surface area contributed by atoms with Crippen molar-refractivity contribution in [3.63, 3.8) is 0 Å². The lowest BCUT2D eigenvalue weighted by atomic mass is 10.1. The van der Waals surface area contributed by atoms with Crippen molar-refractivity contribution in [1.29, 1.82) is 0 Å². The molecule has 0 aliphatic rings. The average molecular weight is 271 g/mol. The van der Waals surface area contributed by atoms with E-state index in [4.69, 9.17) is 15.2 Å². The summed E-state index contributed by atoms with van der Waals surface area (Å²) in [6.07, 6.45) is 0.766. The zero-order chi connectivity index (χ0) is 13.3. The fourth-order valence-electron chi connectivity index (χ4n) is 1.33. The van der Waals surface area contributed by atoms with E-state index in [1.807, 2.05) is 19.1 Å². The van der Waals surface area contributed by atoms with Crippen molar-refractivity contribution < 1.29 is 9.90 Å². The van der Waals surface area contributed by atoms with Gasteiger partial charge < -0.3 is 5.11 Å². The molecular weight excluding hydrogens is 251 g/mol. The minimum atomic E-state index is -0.845. The quantitative estimate of drug-likeness (QED) is 0.833. The molecule has 0 fully saturated rings. The molecule has 1 N–H and O–H groups in total. The Bertz CT molecular complexity index is 338. The molecular formula is C13H20AlClO2.